The summed E-state index contributed by atoms with van der Waals surface area (Å²) in [6, 6.07) is 17.9. The van der Waals surface area contributed by atoms with Gasteiger partial charge < -0.3 is 4.74 Å². The summed E-state index contributed by atoms with van der Waals surface area (Å²) in [5, 5.41) is 1.60. The summed E-state index contributed by atoms with van der Waals surface area (Å²) < 4.78 is 6.03. The van der Waals surface area contributed by atoms with Gasteiger partial charge in [0.15, 0.2) is 5.78 Å². The van der Waals surface area contributed by atoms with Crippen molar-refractivity contribution in [1.29, 1.82) is 0 Å². The number of carbonyl (C=O) groups is 1. The third-order valence-corrected chi connectivity index (χ3v) is 6.09. The molecule has 2 aromatic rings. The van der Waals surface area contributed by atoms with E-state index in [1.54, 1.807) is 22.9 Å². The summed E-state index contributed by atoms with van der Waals surface area (Å²) in [5.74, 6) is 0.786. The quantitative estimate of drug-likeness (QED) is 0.534. The van der Waals surface area contributed by atoms with Crippen molar-refractivity contribution >= 4 is 32.4 Å². The van der Waals surface area contributed by atoms with Crippen molar-refractivity contribution < 1.29 is 9.53 Å². The number of benzene rings is 2. The molecule has 4 rings (SSSR count). The molecule has 0 spiro atoms. The Bertz CT molecular complexity index is 959. The van der Waals surface area contributed by atoms with E-state index in [9.17, 15) is 4.79 Å². The molecule has 2 aliphatic rings. The van der Waals surface area contributed by atoms with Crippen LogP contribution in [-0.4, -0.2) is 10.8 Å². The molecule has 0 amide bonds. The molecule has 1 heterocycles. The van der Waals surface area contributed by atoms with Crippen molar-refractivity contribution in [2.24, 2.45) is 4.99 Å². The topological polar surface area (TPSA) is 38.7 Å². The monoisotopic (exact) mass is 377 g/mol. The summed E-state index contributed by atoms with van der Waals surface area (Å²) >= 11 is 0. The Labute approximate surface area is 160 Å². The maximum atomic E-state index is 12.0. The molecule has 1 aliphatic heterocycles. The minimum Gasteiger partial charge on any atom is -0.488 e. The lowest BCUT2D eigenvalue weighted by atomic mass is 10.1. The van der Waals surface area contributed by atoms with E-state index >= 15 is 0 Å². The highest BCUT2D eigenvalue weighted by Crippen LogP contribution is 2.45. The molecule has 128 valence electrons. The molecule has 0 N–H and O–H groups in total. The number of hydrogen-bond acceptors (Lipinski definition) is 5. The number of nitrogens with zero attached hydrogens (tertiary/aromatic N) is 1. The molecule has 26 heavy (non-hydrogen) atoms. The van der Waals surface area contributed by atoms with Gasteiger partial charge in [-0.3, -0.25) is 4.79 Å². The third-order valence-electron chi connectivity index (χ3n) is 3.87. The van der Waals surface area contributed by atoms with Crippen molar-refractivity contribution in [1.82, 2.24) is 0 Å². The average Bonchev–Trinajstić information content (AvgIpc) is 3.17. The molecule has 0 saturated heterocycles. The first-order chi connectivity index (χ1) is 12.8. The SMILES string of the molecule is O=C1C=CC=C/C1=C1/N=C(c2ccccc2OCc2ccccc2)SS1. The number of ketones is 1. The van der Waals surface area contributed by atoms with E-state index in [2.05, 4.69) is 4.99 Å². The highest BCUT2D eigenvalue weighted by Gasteiger charge is 2.23. The summed E-state index contributed by atoms with van der Waals surface area (Å²) in [4.78, 5) is 16.7. The van der Waals surface area contributed by atoms with Crippen LogP contribution in [-0.2, 0) is 11.4 Å². The Balaban J connectivity index is 1.60. The van der Waals surface area contributed by atoms with Gasteiger partial charge in [-0.05, 0) is 51.4 Å². The summed E-state index contributed by atoms with van der Waals surface area (Å²) in [7, 11) is 3.06. The second kappa shape index (κ2) is 7.81. The van der Waals surface area contributed by atoms with Crippen molar-refractivity contribution in [2.75, 3.05) is 0 Å². The largest absolute Gasteiger partial charge is 0.488 e. The zero-order chi connectivity index (χ0) is 17.8. The minimum absolute atomic E-state index is 0.00536. The minimum atomic E-state index is -0.00536. The molecule has 1 aliphatic carbocycles. The van der Waals surface area contributed by atoms with Gasteiger partial charge in [0.1, 0.15) is 22.4 Å². The van der Waals surface area contributed by atoms with Crippen LogP contribution in [0.15, 0.2) is 94.5 Å². The van der Waals surface area contributed by atoms with Gasteiger partial charge in [-0.25, -0.2) is 4.99 Å². The van der Waals surface area contributed by atoms with Gasteiger partial charge in [0.2, 0.25) is 0 Å². The molecular formula is C21H15NO2S2. The van der Waals surface area contributed by atoms with Gasteiger partial charge in [0.25, 0.3) is 0 Å². The van der Waals surface area contributed by atoms with Crippen molar-refractivity contribution in [3.05, 3.63) is 101 Å². The third kappa shape index (κ3) is 3.69. The lowest BCUT2D eigenvalue weighted by molar-refractivity contribution is -0.111. The average molecular weight is 377 g/mol. The van der Waals surface area contributed by atoms with Crippen LogP contribution in [0.4, 0.5) is 0 Å². The van der Waals surface area contributed by atoms with Gasteiger partial charge in [-0.15, -0.1) is 0 Å². The first-order valence-electron chi connectivity index (χ1n) is 8.14. The highest BCUT2D eigenvalue weighted by molar-refractivity contribution is 8.84. The fourth-order valence-corrected chi connectivity index (χ4v) is 4.79. The lowest BCUT2D eigenvalue weighted by Gasteiger charge is -2.10. The summed E-state index contributed by atoms with van der Waals surface area (Å²) in [6.45, 7) is 0.503. The molecule has 5 heteroatoms. The number of para-hydroxylation sites is 1. The first-order valence-corrected chi connectivity index (χ1v) is 10.3. The maximum absolute atomic E-state index is 12.0. The molecule has 0 bridgehead atoms. The van der Waals surface area contributed by atoms with Crippen LogP contribution in [0.1, 0.15) is 11.1 Å². The molecule has 0 fully saturated rings. The van der Waals surface area contributed by atoms with Gasteiger partial charge in [0, 0.05) is 5.56 Å². The summed E-state index contributed by atoms with van der Waals surface area (Å²) in [5.41, 5.74) is 2.70. The van der Waals surface area contributed by atoms with E-state index in [1.807, 2.05) is 66.7 Å². The number of ether oxygens (including phenoxy) is 1. The van der Waals surface area contributed by atoms with Crippen LogP contribution in [0.5, 0.6) is 5.75 Å². The predicted octanol–water partition coefficient (Wildman–Crippen LogP) is 5.31. The molecule has 0 saturated carbocycles. The van der Waals surface area contributed by atoms with Gasteiger partial charge in [0.05, 0.1) is 5.57 Å². The molecule has 0 radical (unpaired) electrons. The van der Waals surface area contributed by atoms with Crippen LogP contribution in [0.25, 0.3) is 0 Å². The molecule has 0 aromatic heterocycles. The molecule has 3 nitrogen and oxygen atoms in total. The summed E-state index contributed by atoms with van der Waals surface area (Å²) in [6.07, 6.45) is 6.99. The smallest absolute Gasteiger partial charge is 0.188 e. The van der Waals surface area contributed by atoms with E-state index in [4.69, 9.17) is 4.74 Å². The number of aliphatic imine (C=N–C) groups is 1. The van der Waals surface area contributed by atoms with E-state index in [-0.39, 0.29) is 5.78 Å². The van der Waals surface area contributed by atoms with Crippen LogP contribution in [0.3, 0.4) is 0 Å². The number of hydrogen-bond donors (Lipinski definition) is 0. The highest BCUT2D eigenvalue weighted by atomic mass is 33.1. The Morgan fingerprint density at radius 3 is 2.50 bits per heavy atom. The second-order valence-corrected chi connectivity index (χ2v) is 7.76. The Morgan fingerprint density at radius 1 is 0.885 bits per heavy atom. The fraction of sp³-hybridized carbons (Fsp3) is 0.0476. The fourth-order valence-electron chi connectivity index (χ4n) is 2.57. The Hall–Kier alpha value is -2.50. The Morgan fingerprint density at radius 2 is 1.65 bits per heavy atom. The van der Waals surface area contributed by atoms with Gasteiger partial charge >= 0.3 is 0 Å². The van der Waals surface area contributed by atoms with Crippen LogP contribution in [0.2, 0.25) is 0 Å². The number of allylic oxidation sites excluding steroid dienone is 5. The predicted molar refractivity (Wildman–Crippen MR) is 109 cm³/mol. The van der Waals surface area contributed by atoms with Crippen molar-refractivity contribution in [2.45, 2.75) is 6.61 Å². The Kier molecular flexibility index (Phi) is 5.09. The van der Waals surface area contributed by atoms with E-state index < -0.39 is 0 Å². The van der Waals surface area contributed by atoms with Crippen molar-refractivity contribution in [3.63, 3.8) is 0 Å². The van der Waals surface area contributed by atoms with Crippen LogP contribution in [0, 0.1) is 0 Å². The van der Waals surface area contributed by atoms with Gasteiger partial charge in [-0.2, -0.15) is 0 Å². The van der Waals surface area contributed by atoms with Gasteiger partial charge in [-0.1, -0.05) is 54.6 Å². The molecule has 2 aromatic carbocycles. The number of rotatable bonds is 4. The molecule has 0 atom stereocenters. The van der Waals surface area contributed by atoms with Crippen LogP contribution >= 0.6 is 21.6 Å². The standard InChI is InChI=1S/C21H15NO2S2/c23-18-12-6-4-10-16(18)20-22-21(26-25-20)17-11-5-7-13-19(17)24-14-15-8-2-1-3-9-15/h1-13H,14H2/b20-16+. The van der Waals surface area contributed by atoms with Crippen molar-refractivity contribution in [3.8, 4) is 5.75 Å². The number of carbonyl (C=O) groups excluding carboxylic acids is 1. The lowest BCUT2D eigenvalue weighted by Crippen LogP contribution is -2.02. The molecular weight excluding hydrogens is 362 g/mol. The molecule has 0 unspecified atom stereocenters. The second-order valence-electron chi connectivity index (χ2n) is 5.66. The zero-order valence-corrected chi connectivity index (χ0v) is 15.4. The maximum Gasteiger partial charge on any atom is 0.188 e. The van der Waals surface area contributed by atoms with Crippen LogP contribution < -0.4 is 4.74 Å². The van der Waals surface area contributed by atoms with E-state index in [1.165, 1.54) is 10.8 Å². The zero-order valence-electron chi connectivity index (χ0n) is 13.8. The normalized spacial score (nSPS) is 18.9. The van der Waals surface area contributed by atoms with E-state index in [0.29, 0.717) is 12.2 Å². The van der Waals surface area contributed by atoms with E-state index in [0.717, 1.165) is 26.9 Å². The first kappa shape index (κ1) is 16.9.